The van der Waals surface area contributed by atoms with Crippen LogP contribution < -0.4 is 0 Å². The molecule has 1 aromatic heterocycles. The standard InChI is InChI=1S/C8H4N2O3/c11-5-1-2-7-6-8(10(12)13)3-4-9-7/h3-6H. The monoisotopic (exact) mass is 176 g/mol. The van der Waals surface area contributed by atoms with E-state index in [4.69, 9.17) is 0 Å². The highest BCUT2D eigenvalue weighted by molar-refractivity contribution is 5.73. The molecule has 5 heteroatoms. The van der Waals surface area contributed by atoms with Gasteiger partial charge in [-0.2, -0.15) is 0 Å². The molecule has 0 saturated heterocycles. The van der Waals surface area contributed by atoms with Crippen molar-refractivity contribution in [2.75, 3.05) is 0 Å². The molecule has 5 nitrogen and oxygen atoms in total. The van der Waals surface area contributed by atoms with Gasteiger partial charge in [0, 0.05) is 12.3 Å². The summed E-state index contributed by atoms with van der Waals surface area (Å²) in [4.78, 5) is 23.3. The molecule has 13 heavy (non-hydrogen) atoms. The van der Waals surface area contributed by atoms with Crippen molar-refractivity contribution in [2.24, 2.45) is 0 Å². The Morgan fingerprint density at radius 1 is 1.62 bits per heavy atom. The zero-order chi connectivity index (χ0) is 9.68. The zero-order valence-electron chi connectivity index (χ0n) is 6.43. The number of aldehydes is 1. The van der Waals surface area contributed by atoms with Gasteiger partial charge in [-0.15, -0.1) is 0 Å². The second kappa shape index (κ2) is 3.97. The maximum absolute atomic E-state index is 10.3. The number of carbonyl (C=O) groups excluding carboxylic acids is 1. The number of nitrogens with zero attached hydrogens (tertiary/aromatic N) is 2. The van der Waals surface area contributed by atoms with E-state index in [2.05, 4.69) is 16.8 Å². The fourth-order valence-electron chi connectivity index (χ4n) is 0.705. The van der Waals surface area contributed by atoms with Gasteiger partial charge in [-0.05, 0) is 11.8 Å². The van der Waals surface area contributed by atoms with E-state index in [0.717, 1.165) is 0 Å². The Hall–Kier alpha value is -2.22. The molecule has 0 bridgehead atoms. The molecule has 0 aliphatic carbocycles. The minimum absolute atomic E-state index is 0.0924. The van der Waals surface area contributed by atoms with E-state index in [-0.39, 0.29) is 11.4 Å². The fourth-order valence-corrected chi connectivity index (χ4v) is 0.705. The van der Waals surface area contributed by atoms with Gasteiger partial charge in [-0.25, -0.2) is 4.98 Å². The maximum atomic E-state index is 10.3. The Morgan fingerprint density at radius 2 is 2.38 bits per heavy atom. The first-order valence-electron chi connectivity index (χ1n) is 3.29. The third-order valence-corrected chi connectivity index (χ3v) is 1.21. The lowest BCUT2D eigenvalue weighted by Crippen LogP contribution is -1.90. The van der Waals surface area contributed by atoms with Crippen LogP contribution in [-0.4, -0.2) is 16.2 Å². The largest absolute Gasteiger partial charge is 0.289 e. The first-order chi connectivity index (χ1) is 6.24. The molecule has 1 aromatic rings. The Labute approximate surface area is 73.6 Å². The van der Waals surface area contributed by atoms with Gasteiger partial charge in [-0.3, -0.25) is 14.9 Å². The molecule has 0 aliphatic rings. The Kier molecular flexibility index (Phi) is 2.71. The molecule has 0 saturated carbocycles. The lowest BCUT2D eigenvalue weighted by molar-refractivity contribution is -0.385. The minimum atomic E-state index is -0.548. The summed E-state index contributed by atoms with van der Waals surface area (Å²) in [5.74, 6) is 4.47. The van der Waals surface area contributed by atoms with Gasteiger partial charge in [0.25, 0.3) is 5.69 Å². The number of pyridine rings is 1. The van der Waals surface area contributed by atoms with Crippen molar-refractivity contribution in [1.29, 1.82) is 0 Å². The second-order valence-electron chi connectivity index (χ2n) is 2.04. The topological polar surface area (TPSA) is 73.1 Å². The molecule has 0 radical (unpaired) electrons. The quantitative estimate of drug-likeness (QED) is 0.271. The zero-order valence-corrected chi connectivity index (χ0v) is 6.43. The molecular formula is C8H4N2O3. The Balaban J connectivity index is 3.05. The van der Waals surface area contributed by atoms with E-state index in [1.54, 1.807) is 0 Å². The van der Waals surface area contributed by atoms with E-state index < -0.39 is 4.92 Å². The molecule has 0 aliphatic heterocycles. The first kappa shape index (κ1) is 8.87. The summed E-state index contributed by atoms with van der Waals surface area (Å²) in [6.07, 6.45) is 1.67. The van der Waals surface area contributed by atoms with Gasteiger partial charge < -0.3 is 0 Å². The number of hydrogen-bond acceptors (Lipinski definition) is 4. The fraction of sp³-hybridized carbons (Fsp3) is 0. The van der Waals surface area contributed by atoms with E-state index in [1.807, 2.05) is 0 Å². The van der Waals surface area contributed by atoms with Crippen molar-refractivity contribution in [1.82, 2.24) is 4.98 Å². The summed E-state index contributed by atoms with van der Waals surface area (Å²) in [7, 11) is 0. The molecule has 0 fully saturated rings. The van der Waals surface area contributed by atoms with Crippen molar-refractivity contribution in [2.45, 2.75) is 0 Å². The van der Waals surface area contributed by atoms with E-state index in [0.29, 0.717) is 6.29 Å². The molecule has 0 atom stereocenters. The molecule has 1 heterocycles. The molecule has 0 amide bonds. The number of nitro groups is 1. The van der Waals surface area contributed by atoms with Crippen LogP contribution in [0.4, 0.5) is 5.69 Å². The Bertz CT molecular complexity index is 403. The van der Waals surface area contributed by atoms with E-state index in [1.165, 1.54) is 18.3 Å². The average molecular weight is 176 g/mol. The third-order valence-electron chi connectivity index (χ3n) is 1.21. The van der Waals surface area contributed by atoms with Crippen LogP contribution in [0.5, 0.6) is 0 Å². The number of rotatable bonds is 1. The van der Waals surface area contributed by atoms with Crippen LogP contribution in [0.1, 0.15) is 5.69 Å². The maximum Gasteiger partial charge on any atom is 0.273 e. The molecule has 0 aromatic carbocycles. The summed E-state index contributed by atoms with van der Waals surface area (Å²) in [6.45, 7) is 0. The van der Waals surface area contributed by atoms with Crippen LogP contribution in [0.15, 0.2) is 18.3 Å². The molecule has 0 N–H and O–H groups in total. The van der Waals surface area contributed by atoms with Gasteiger partial charge in [0.2, 0.25) is 0 Å². The summed E-state index contributed by atoms with van der Waals surface area (Å²) in [6, 6.07) is 2.46. The summed E-state index contributed by atoms with van der Waals surface area (Å²) >= 11 is 0. The molecular weight excluding hydrogens is 172 g/mol. The van der Waals surface area contributed by atoms with Crippen LogP contribution in [0.3, 0.4) is 0 Å². The molecule has 0 unspecified atom stereocenters. The lowest BCUT2D eigenvalue weighted by Gasteiger charge is -1.89. The van der Waals surface area contributed by atoms with Crippen LogP contribution in [0.25, 0.3) is 0 Å². The molecule has 0 spiro atoms. The average Bonchev–Trinajstić information content (AvgIpc) is 2.15. The second-order valence-corrected chi connectivity index (χ2v) is 2.04. The van der Waals surface area contributed by atoms with E-state index in [9.17, 15) is 14.9 Å². The highest BCUT2D eigenvalue weighted by Crippen LogP contribution is 2.09. The first-order valence-corrected chi connectivity index (χ1v) is 3.29. The SMILES string of the molecule is O=CC#Cc1cc([N+](=O)[O-])ccn1. The van der Waals surface area contributed by atoms with Crippen LogP contribution >= 0.6 is 0 Å². The molecule has 64 valence electrons. The highest BCUT2D eigenvalue weighted by atomic mass is 16.6. The minimum Gasteiger partial charge on any atom is -0.289 e. The van der Waals surface area contributed by atoms with Gasteiger partial charge in [0.15, 0.2) is 6.29 Å². The normalized spacial score (nSPS) is 8.31. The summed E-state index contributed by atoms with van der Waals surface area (Å²) in [5.41, 5.74) is 0.117. The summed E-state index contributed by atoms with van der Waals surface area (Å²) in [5, 5.41) is 10.3. The van der Waals surface area contributed by atoms with E-state index >= 15 is 0 Å². The van der Waals surface area contributed by atoms with Gasteiger partial charge >= 0.3 is 0 Å². The summed E-state index contributed by atoms with van der Waals surface area (Å²) < 4.78 is 0. The smallest absolute Gasteiger partial charge is 0.273 e. The number of carbonyl (C=O) groups is 1. The predicted molar refractivity (Wildman–Crippen MR) is 43.8 cm³/mol. The third kappa shape index (κ3) is 2.38. The van der Waals surface area contributed by atoms with Crippen LogP contribution in [0.2, 0.25) is 0 Å². The van der Waals surface area contributed by atoms with Crippen molar-refractivity contribution in [3.05, 3.63) is 34.1 Å². The highest BCUT2D eigenvalue weighted by Gasteiger charge is 2.04. The van der Waals surface area contributed by atoms with Crippen LogP contribution in [-0.2, 0) is 4.79 Å². The molecule has 1 rings (SSSR count). The van der Waals surface area contributed by atoms with Gasteiger partial charge in [0.05, 0.1) is 11.0 Å². The van der Waals surface area contributed by atoms with Crippen molar-refractivity contribution >= 4 is 12.0 Å². The Morgan fingerprint density at radius 3 is 3.00 bits per heavy atom. The number of aromatic nitrogens is 1. The van der Waals surface area contributed by atoms with Crippen molar-refractivity contribution < 1.29 is 9.72 Å². The van der Waals surface area contributed by atoms with Crippen LogP contribution in [0, 0.1) is 22.0 Å². The van der Waals surface area contributed by atoms with Gasteiger partial charge in [0.1, 0.15) is 5.69 Å². The van der Waals surface area contributed by atoms with Crippen molar-refractivity contribution in [3.63, 3.8) is 0 Å². The van der Waals surface area contributed by atoms with Gasteiger partial charge in [-0.1, -0.05) is 0 Å². The lowest BCUT2D eigenvalue weighted by atomic mass is 10.3. The van der Waals surface area contributed by atoms with Crippen molar-refractivity contribution in [3.8, 4) is 11.8 Å². The predicted octanol–water partition coefficient (Wildman–Crippen LogP) is 0.540. The number of hydrogen-bond donors (Lipinski definition) is 0.